The lowest BCUT2D eigenvalue weighted by molar-refractivity contribution is -0.643. The Bertz CT molecular complexity index is 1930. The maximum atomic E-state index is 2.33. The number of benzene rings is 3. The topological polar surface area (TPSA) is 14.2 Å². The first kappa shape index (κ1) is 28.8. The van der Waals surface area contributed by atoms with Crippen LogP contribution in [0, 0.1) is 0 Å². The summed E-state index contributed by atoms with van der Waals surface area (Å²) in [5, 5.41) is 2.48. The van der Waals surface area contributed by atoms with Gasteiger partial charge in [0.25, 0.3) is 10.0 Å². The molecule has 6 heteroatoms. The highest BCUT2D eigenvalue weighted by Gasteiger charge is 2.38. The van der Waals surface area contributed by atoms with E-state index in [9.17, 15) is 0 Å². The molecule has 0 unspecified atom stereocenters. The van der Waals surface area contributed by atoms with Crippen molar-refractivity contribution in [2.24, 2.45) is 14.1 Å². The molecule has 0 saturated carbocycles. The fraction of sp³-hybridized carbons (Fsp3) is 0.263. The van der Waals surface area contributed by atoms with Gasteiger partial charge in [-0.3, -0.25) is 0 Å². The fourth-order valence-corrected chi connectivity index (χ4v) is 9.63. The summed E-state index contributed by atoms with van der Waals surface area (Å²) in [6.07, 6.45) is 13.5. The molecule has 0 N–H and O–H groups in total. The average molecular weight is 617 g/mol. The van der Waals surface area contributed by atoms with Crippen LogP contribution in [0.1, 0.15) is 48.8 Å². The van der Waals surface area contributed by atoms with Crippen molar-refractivity contribution in [3.63, 3.8) is 0 Å². The molecule has 0 saturated heterocycles. The van der Waals surface area contributed by atoms with Crippen molar-refractivity contribution < 1.29 is 9.13 Å². The molecule has 0 bridgehead atoms. The van der Waals surface area contributed by atoms with Gasteiger partial charge in [-0.05, 0) is 35.4 Å². The molecule has 0 fully saturated rings. The SMILES string of the molecule is CN1/C(=C\C=C\c2sc3c4sc(/C=C/C=C5/N(C)c6ccccc6C5(C)C)[n+](C)c4ccc3[n+]2C)C(C)(C)c2ccccc21. The lowest BCUT2D eigenvalue weighted by Crippen LogP contribution is -2.30. The Hall–Kier alpha value is -4.00. The van der Waals surface area contributed by atoms with Crippen LogP contribution in [-0.4, -0.2) is 14.1 Å². The van der Waals surface area contributed by atoms with Gasteiger partial charge in [0.05, 0.1) is 0 Å². The number of hydrogen-bond donors (Lipinski definition) is 0. The van der Waals surface area contributed by atoms with Crippen molar-refractivity contribution in [3.8, 4) is 0 Å². The van der Waals surface area contributed by atoms with Crippen LogP contribution in [0.4, 0.5) is 11.4 Å². The summed E-state index contributed by atoms with van der Waals surface area (Å²) in [5.74, 6) is 0. The zero-order valence-corrected chi connectivity index (χ0v) is 28.5. The number of aromatic nitrogens is 2. The van der Waals surface area contributed by atoms with E-state index in [0.29, 0.717) is 0 Å². The van der Waals surface area contributed by atoms with Gasteiger partial charge in [-0.15, -0.1) is 0 Å². The number of anilines is 2. The Labute approximate surface area is 268 Å². The maximum absolute atomic E-state index is 2.33. The number of likely N-dealkylation sites (N-methyl/N-ethyl adjacent to an activating group) is 2. The lowest BCUT2D eigenvalue weighted by atomic mass is 9.84. The van der Waals surface area contributed by atoms with Crippen molar-refractivity contribution in [1.82, 2.24) is 0 Å². The first-order valence-corrected chi connectivity index (χ1v) is 16.8. The largest absolute Gasteiger partial charge is 0.347 e. The van der Waals surface area contributed by atoms with Crippen LogP contribution in [0.15, 0.2) is 96.4 Å². The number of aryl methyl sites for hydroxylation is 2. The van der Waals surface area contributed by atoms with Gasteiger partial charge in [0.2, 0.25) is 11.0 Å². The van der Waals surface area contributed by atoms with Gasteiger partial charge in [0.15, 0.2) is 0 Å². The molecule has 0 amide bonds. The minimum absolute atomic E-state index is 0.0251. The number of thiazole rings is 2. The summed E-state index contributed by atoms with van der Waals surface area (Å²) in [4.78, 5) is 4.66. The summed E-state index contributed by atoms with van der Waals surface area (Å²) < 4.78 is 7.33. The van der Waals surface area contributed by atoms with Gasteiger partial charge in [0.1, 0.15) is 23.5 Å². The molecule has 3 aromatic carbocycles. The highest BCUT2D eigenvalue weighted by Crippen LogP contribution is 2.47. The molecule has 4 heterocycles. The summed E-state index contributed by atoms with van der Waals surface area (Å²) in [6.45, 7) is 9.26. The van der Waals surface area contributed by atoms with Crippen molar-refractivity contribution >= 4 is 66.6 Å². The number of fused-ring (bicyclic) bond motifs is 5. The smallest absolute Gasteiger partial charge is 0.262 e. The molecule has 7 rings (SSSR count). The molecule has 0 spiro atoms. The van der Waals surface area contributed by atoms with E-state index in [1.54, 1.807) is 0 Å². The summed E-state index contributed by atoms with van der Waals surface area (Å²) in [5.41, 5.74) is 10.5. The van der Waals surface area contributed by atoms with E-state index in [-0.39, 0.29) is 10.8 Å². The Morgan fingerprint density at radius 2 is 0.977 bits per heavy atom. The monoisotopic (exact) mass is 616 g/mol. The van der Waals surface area contributed by atoms with Gasteiger partial charge < -0.3 is 9.80 Å². The quantitative estimate of drug-likeness (QED) is 0.188. The molecule has 4 nitrogen and oxygen atoms in total. The molecular weight excluding hydrogens is 577 g/mol. The van der Waals surface area contributed by atoms with E-state index in [1.807, 2.05) is 22.7 Å². The zero-order chi connectivity index (χ0) is 31.0. The first-order valence-electron chi connectivity index (χ1n) is 15.2. The van der Waals surface area contributed by atoms with Crippen LogP contribution < -0.4 is 18.9 Å². The van der Waals surface area contributed by atoms with Crippen LogP contribution in [0.2, 0.25) is 0 Å². The van der Waals surface area contributed by atoms with E-state index < -0.39 is 0 Å². The number of allylic oxidation sites excluding steroid dienone is 6. The van der Waals surface area contributed by atoms with E-state index in [1.165, 1.54) is 64.3 Å². The highest BCUT2D eigenvalue weighted by atomic mass is 32.1. The molecule has 0 aliphatic carbocycles. The van der Waals surface area contributed by atoms with Gasteiger partial charge in [-0.2, -0.15) is 9.13 Å². The average Bonchev–Trinajstić information content (AvgIpc) is 3.63. The third-order valence-electron chi connectivity index (χ3n) is 9.73. The standard InChI is InChI=1S/C38H40N4S2/c1-37(2)25-15-9-11-17-27(25)39(5)31(37)19-13-21-33-41(7)29-23-24-30-36(35(29)43-33)44-34(42(30)8)22-14-20-32-38(3,4)26-16-10-12-18-28(26)40(32)6/h9-24H,1-8H3/q+2. The molecule has 2 aromatic heterocycles. The second kappa shape index (κ2) is 10.3. The van der Waals surface area contributed by atoms with Crippen LogP contribution in [0.3, 0.4) is 0 Å². The normalized spacial score (nSPS) is 19.1. The maximum Gasteiger partial charge on any atom is 0.262 e. The van der Waals surface area contributed by atoms with E-state index in [2.05, 4.69) is 172 Å². The third-order valence-corrected chi connectivity index (χ3v) is 12.3. The van der Waals surface area contributed by atoms with Crippen LogP contribution in [0.5, 0.6) is 0 Å². The van der Waals surface area contributed by atoms with Gasteiger partial charge in [0, 0.05) is 72.0 Å². The molecule has 222 valence electrons. The second-order valence-electron chi connectivity index (χ2n) is 13.0. The number of rotatable bonds is 4. The second-order valence-corrected chi connectivity index (χ2v) is 15.0. The molecule has 0 atom stereocenters. The van der Waals surface area contributed by atoms with Crippen LogP contribution >= 0.6 is 22.7 Å². The predicted molar refractivity (Wildman–Crippen MR) is 190 cm³/mol. The van der Waals surface area contributed by atoms with Gasteiger partial charge in [-0.1, -0.05) is 98.9 Å². The molecule has 0 radical (unpaired) electrons. The fourth-order valence-electron chi connectivity index (χ4n) is 7.19. The summed E-state index contributed by atoms with van der Waals surface area (Å²) in [7, 11) is 8.71. The van der Waals surface area contributed by atoms with Crippen molar-refractivity contribution in [1.29, 1.82) is 0 Å². The number of nitrogens with zero attached hydrogens (tertiary/aromatic N) is 4. The predicted octanol–water partition coefficient (Wildman–Crippen LogP) is 8.41. The highest BCUT2D eigenvalue weighted by molar-refractivity contribution is 7.27. The van der Waals surface area contributed by atoms with E-state index in [4.69, 9.17) is 0 Å². The van der Waals surface area contributed by atoms with Crippen molar-refractivity contribution in [3.05, 3.63) is 118 Å². The molecule has 2 aliphatic heterocycles. The van der Waals surface area contributed by atoms with Crippen molar-refractivity contribution in [2.45, 2.75) is 38.5 Å². The zero-order valence-electron chi connectivity index (χ0n) is 26.8. The Morgan fingerprint density at radius 3 is 1.36 bits per heavy atom. The Kier molecular flexibility index (Phi) is 6.72. The van der Waals surface area contributed by atoms with Gasteiger partial charge >= 0.3 is 0 Å². The molecule has 44 heavy (non-hydrogen) atoms. The Balaban J connectivity index is 1.20. The molecule has 5 aromatic rings. The molecule has 2 aliphatic rings. The van der Waals surface area contributed by atoms with Crippen LogP contribution in [0.25, 0.3) is 32.6 Å². The minimum atomic E-state index is -0.0251. The van der Waals surface area contributed by atoms with Crippen LogP contribution in [-0.2, 0) is 24.9 Å². The Morgan fingerprint density at radius 1 is 0.591 bits per heavy atom. The minimum Gasteiger partial charge on any atom is -0.347 e. The van der Waals surface area contributed by atoms with Crippen molar-refractivity contribution in [2.75, 3.05) is 23.9 Å². The summed E-state index contributed by atoms with van der Waals surface area (Å²) in [6, 6.07) is 22.0. The lowest BCUT2D eigenvalue weighted by Gasteiger charge is -2.23. The third kappa shape index (κ3) is 4.22. The first-order chi connectivity index (χ1) is 21.0. The van der Waals surface area contributed by atoms with E-state index in [0.717, 1.165) is 0 Å². The number of hydrogen-bond acceptors (Lipinski definition) is 4. The molecular formula is C38H40N4S2+2. The van der Waals surface area contributed by atoms with E-state index >= 15 is 0 Å². The summed E-state index contributed by atoms with van der Waals surface area (Å²) >= 11 is 3.74. The number of para-hydroxylation sites is 2. The van der Waals surface area contributed by atoms with Gasteiger partial charge in [-0.25, -0.2) is 0 Å².